The second kappa shape index (κ2) is 5.81. The Bertz CT molecular complexity index is 642. The van der Waals surface area contributed by atoms with Crippen molar-refractivity contribution in [1.82, 2.24) is 19.8 Å². The molecule has 2 N–H and O–H groups in total. The van der Waals surface area contributed by atoms with E-state index < -0.39 is 6.10 Å². The third-order valence-corrected chi connectivity index (χ3v) is 4.60. The van der Waals surface area contributed by atoms with E-state index >= 15 is 0 Å². The maximum absolute atomic E-state index is 12.7. The van der Waals surface area contributed by atoms with E-state index in [1.807, 2.05) is 7.05 Å². The van der Waals surface area contributed by atoms with E-state index in [0.29, 0.717) is 49.6 Å². The van der Waals surface area contributed by atoms with Gasteiger partial charge in [0.2, 0.25) is 5.91 Å². The minimum atomic E-state index is -0.584. The van der Waals surface area contributed by atoms with Crippen molar-refractivity contribution in [3.05, 3.63) is 27.4 Å². The number of nitrogens with one attached hydrogen (secondary N) is 1. The second-order valence-corrected chi connectivity index (χ2v) is 6.31. The van der Waals surface area contributed by atoms with Crippen molar-refractivity contribution in [3.63, 3.8) is 0 Å². The number of nitrogens with zero attached hydrogens (tertiary/aromatic N) is 3. The summed E-state index contributed by atoms with van der Waals surface area (Å²) in [6, 6.07) is 0. The summed E-state index contributed by atoms with van der Waals surface area (Å²) >= 11 is 0. The Labute approximate surface area is 129 Å². The molecule has 0 bridgehead atoms. The smallest absolute Gasteiger partial charge is 0.254 e. The molecule has 3 rings (SSSR count). The first-order chi connectivity index (χ1) is 10.5. The number of likely N-dealkylation sites (tertiary alicyclic amines) is 1. The maximum Gasteiger partial charge on any atom is 0.254 e. The number of amides is 1. The zero-order valence-electron chi connectivity index (χ0n) is 13.0. The highest BCUT2D eigenvalue weighted by Crippen LogP contribution is 2.22. The number of piperidine rings is 1. The van der Waals surface area contributed by atoms with Crippen LogP contribution in [-0.4, -0.2) is 63.6 Å². The van der Waals surface area contributed by atoms with E-state index in [4.69, 9.17) is 0 Å². The van der Waals surface area contributed by atoms with Crippen LogP contribution < -0.4 is 5.56 Å². The number of carbonyl (C=O) groups excluding carboxylic acids is 1. The minimum absolute atomic E-state index is 0.0376. The molecule has 0 saturated carbocycles. The minimum Gasteiger partial charge on any atom is -0.392 e. The lowest BCUT2D eigenvalue weighted by atomic mass is 9.92. The van der Waals surface area contributed by atoms with Crippen LogP contribution in [0, 0.1) is 12.8 Å². The number of hydrogen-bond donors (Lipinski definition) is 2. The first-order valence-electron chi connectivity index (χ1n) is 7.70. The number of aryl methyl sites for hydroxylation is 1. The predicted molar refractivity (Wildman–Crippen MR) is 80.3 cm³/mol. The highest BCUT2D eigenvalue weighted by molar-refractivity contribution is 5.80. The SMILES string of the molecule is Cc1nc2c(c(=O)[nH]1)CCN(C(=O)[C@@H]1CN(C)CC[C@@H]1O)C2. The van der Waals surface area contributed by atoms with Crippen LogP contribution in [0.1, 0.15) is 23.5 Å². The van der Waals surface area contributed by atoms with Crippen LogP contribution in [0.15, 0.2) is 4.79 Å². The number of fused-ring (bicyclic) bond motifs is 1. The van der Waals surface area contributed by atoms with Gasteiger partial charge in [0.05, 0.1) is 24.3 Å². The van der Waals surface area contributed by atoms with Crippen LogP contribution >= 0.6 is 0 Å². The molecular formula is C15H22N4O3. The van der Waals surface area contributed by atoms with Gasteiger partial charge < -0.3 is 19.9 Å². The molecule has 0 aromatic carbocycles. The molecule has 0 unspecified atom stereocenters. The molecule has 2 aliphatic heterocycles. The van der Waals surface area contributed by atoms with Crippen LogP contribution in [0.25, 0.3) is 0 Å². The van der Waals surface area contributed by atoms with Gasteiger partial charge in [-0.3, -0.25) is 9.59 Å². The molecule has 0 radical (unpaired) electrons. The Balaban J connectivity index is 1.79. The summed E-state index contributed by atoms with van der Waals surface area (Å²) in [5.41, 5.74) is 1.25. The van der Waals surface area contributed by atoms with Crippen LogP contribution in [0.2, 0.25) is 0 Å². The number of H-pyrrole nitrogens is 1. The number of hydrogen-bond acceptors (Lipinski definition) is 5. The van der Waals surface area contributed by atoms with Gasteiger partial charge in [-0.05, 0) is 26.8 Å². The molecule has 7 heteroatoms. The average Bonchev–Trinajstić information content (AvgIpc) is 2.48. The molecule has 1 aromatic rings. The molecule has 2 atom stereocenters. The summed E-state index contributed by atoms with van der Waals surface area (Å²) in [7, 11) is 1.96. The maximum atomic E-state index is 12.7. The molecule has 0 aliphatic carbocycles. The molecular weight excluding hydrogens is 284 g/mol. The summed E-state index contributed by atoms with van der Waals surface area (Å²) < 4.78 is 0. The molecule has 0 spiro atoms. The van der Waals surface area contributed by atoms with Gasteiger partial charge in [-0.1, -0.05) is 0 Å². The summed E-state index contributed by atoms with van der Waals surface area (Å²) in [5, 5.41) is 10.1. The third kappa shape index (κ3) is 2.78. The molecule has 1 amide bonds. The van der Waals surface area contributed by atoms with Gasteiger partial charge in [0.25, 0.3) is 5.56 Å². The molecule has 7 nitrogen and oxygen atoms in total. The van der Waals surface area contributed by atoms with Gasteiger partial charge in [0.15, 0.2) is 0 Å². The highest BCUT2D eigenvalue weighted by Gasteiger charge is 2.36. The van der Waals surface area contributed by atoms with E-state index in [9.17, 15) is 14.7 Å². The Kier molecular flexibility index (Phi) is 4.01. The van der Waals surface area contributed by atoms with Crippen molar-refractivity contribution in [2.45, 2.75) is 32.4 Å². The zero-order chi connectivity index (χ0) is 15.9. The van der Waals surface area contributed by atoms with E-state index in [1.54, 1.807) is 11.8 Å². The van der Waals surface area contributed by atoms with E-state index in [-0.39, 0.29) is 17.4 Å². The van der Waals surface area contributed by atoms with Crippen LogP contribution in [0.5, 0.6) is 0 Å². The van der Waals surface area contributed by atoms with E-state index in [1.165, 1.54) is 0 Å². The summed E-state index contributed by atoms with van der Waals surface area (Å²) in [4.78, 5) is 35.5. The van der Waals surface area contributed by atoms with Crippen molar-refractivity contribution in [1.29, 1.82) is 0 Å². The number of aromatic nitrogens is 2. The van der Waals surface area contributed by atoms with Crippen LogP contribution in [-0.2, 0) is 17.8 Å². The first-order valence-corrected chi connectivity index (χ1v) is 7.70. The lowest BCUT2D eigenvalue weighted by Gasteiger charge is -2.37. The number of aromatic amines is 1. The Hall–Kier alpha value is -1.73. The average molecular weight is 306 g/mol. The van der Waals surface area contributed by atoms with Gasteiger partial charge in [0.1, 0.15) is 5.82 Å². The molecule has 22 heavy (non-hydrogen) atoms. The van der Waals surface area contributed by atoms with E-state index in [2.05, 4.69) is 14.9 Å². The monoisotopic (exact) mass is 306 g/mol. The quantitative estimate of drug-likeness (QED) is 0.714. The highest BCUT2D eigenvalue weighted by atomic mass is 16.3. The predicted octanol–water partition coefficient (Wildman–Crippen LogP) is -0.724. The fourth-order valence-corrected chi connectivity index (χ4v) is 3.33. The topological polar surface area (TPSA) is 89.5 Å². The van der Waals surface area contributed by atoms with Gasteiger partial charge >= 0.3 is 0 Å². The molecule has 1 saturated heterocycles. The standard InChI is InChI=1S/C15H22N4O3/c1-9-16-12-8-19(6-3-10(12)14(21)17-9)15(22)11-7-18(2)5-4-13(11)20/h11,13,20H,3-8H2,1-2H3,(H,16,17,21)/t11-,13+/m1/s1. The largest absolute Gasteiger partial charge is 0.392 e. The number of rotatable bonds is 1. The van der Waals surface area contributed by atoms with Crippen molar-refractivity contribution in [2.24, 2.45) is 5.92 Å². The Morgan fingerprint density at radius 3 is 2.95 bits per heavy atom. The van der Waals surface area contributed by atoms with Gasteiger partial charge in [-0.2, -0.15) is 0 Å². The van der Waals surface area contributed by atoms with Crippen LogP contribution in [0.4, 0.5) is 0 Å². The van der Waals surface area contributed by atoms with Crippen molar-refractivity contribution in [3.8, 4) is 0 Å². The summed E-state index contributed by atoms with van der Waals surface area (Å²) in [6.07, 6.45) is 0.551. The first kappa shape index (κ1) is 15.2. The van der Waals surface area contributed by atoms with Gasteiger partial charge in [0, 0.05) is 25.2 Å². The van der Waals surface area contributed by atoms with Crippen molar-refractivity contribution < 1.29 is 9.90 Å². The van der Waals surface area contributed by atoms with Crippen LogP contribution in [0.3, 0.4) is 0 Å². The second-order valence-electron chi connectivity index (χ2n) is 6.31. The molecule has 2 aliphatic rings. The summed E-state index contributed by atoms with van der Waals surface area (Å²) in [6.45, 7) is 3.98. The fourth-order valence-electron chi connectivity index (χ4n) is 3.33. The number of carbonyl (C=O) groups is 1. The summed E-state index contributed by atoms with van der Waals surface area (Å²) in [5.74, 6) is 0.142. The third-order valence-electron chi connectivity index (χ3n) is 4.60. The lowest BCUT2D eigenvalue weighted by Crippen LogP contribution is -2.51. The Morgan fingerprint density at radius 1 is 1.41 bits per heavy atom. The van der Waals surface area contributed by atoms with E-state index in [0.717, 1.165) is 6.54 Å². The van der Waals surface area contributed by atoms with Crippen molar-refractivity contribution >= 4 is 5.91 Å². The molecule has 120 valence electrons. The molecule has 1 fully saturated rings. The molecule has 1 aromatic heterocycles. The fraction of sp³-hybridized carbons (Fsp3) is 0.667. The number of aliphatic hydroxyl groups is 1. The van der Waals surface area contributed by atoms with Gasteiger partial charge in [-0.25, -0.2) is 4.98 Å². The molecule has 3 heterocycles. The number of aliphatic hydroxyl groups excluding tert-OH is 1. The zero-order valence-corrected chi connectivity index (χ0v) is 13.0. The van der Waals surface area contributed by atoms with Crippen molar-refractivity contribution in [2.75, 3.05) is 26.7 Å². The normalized spacial score (nSPS) is 25.9. The Morgan fingerprint density at radius 2 is 2.18 bits per heavy atom. The van der Waals surface area contributed by atoms with Gasteiger partial charge in [-0.15, -0.1) is 0 Å². The lowest BCUT2D eigenvalue weighted by molar-refractivity contribution is -0.143.